The summed E-state index contributed by atoms with van der Waals surface area (Å²) in [6, 6.07) is 11.3. The Bertz CT molecular complexity index is 1090. The maximum atomic E-state index is 13.3. The van der Waals surface area contributed by atoms with E-state index < -0.39 is 0 Å². The molecule has 0 bridgehead atoms. The average Bonchev–Trinajstić information content (AvgIpc) is 3.33. The van der Waals surface area contributed by atoms with Crippen LogP contribution in [0, 0.1) is 6.92 Å². The molecule has 0 saturated carbocycles. The monoisotopic (exact) mass is 405 g/mol. The van der Waals surface area contributed by atoms with Crippen molar-refractivity contribution in [2.45, 2.75) is 32.9 Å². The van der Waals surface area contributed by atoms with E-state index in [0.29, 0.717) is 37.6 Å². The summed E-state index contributed by atoms with van der Waals surface area (Å²) in [5, 5.41) is 0.920. The van der Waals surface area contributed by atoms with Crippen molar-refractivity contribution in [3.63, 3.8) is 0 Å². The molecule has 3 heterocycles. The van der Waals surface area contributed by atoms with Crippen LogP contribution in [-0.2, 0) is 6.54 Å². The summed E-state index contributed by atoms with van der Waals surface area (Å²) >= 11 is 0. The number of carbonyl (C=O) groups excluding carboxylic acids is 2. The number of hydrogen-bond acceptors (Lipinski definition) is 3. The van der Waals surface area contributed by atoms with Gasteiger partial charge in [-0.05, 0) is 44.0 Å². The third kappa shape index (κ3) is 3.54. The van der Waals surface area contributed by atoms with Gasteiger partial charge in [0.1, 0.15) is 5.69 Å². The molecule has 1 aliphatic rings. The number of fused-ring (bicyclic) bond motifs is 1. The Balaban J connectivity index is 1.52. The van der Waals surface area contributed by atoms with Crippen LogP contribution >= 0.6 is 0 Å². The molecule has 0 aliphatic carbocycles. The molecule has 2 aromatic heterocycles. The topological polar surface area (TPSA) is 58.7 Å². The first kappa shape index (κ1) is 20.0. The van der Waals surface area contributed by atoms with Crippen LogP contribution in [0.1, 0.15) is 39.8 Å². The standard InChI is InChI=1S/C24H27N3O3/c1-4-5-11-27-21(15-19-10-14-30-24(19)27)23(29)25-12-13-26(18(3)16-25)22(28)20-9-7-6-8-17(20)2/h4,6-10,14-15,18H,1,5,11-13,16H2,2-3H3. The lowest BCUT2D eigenvalue weighted by Crippen LogP contribution is -2.55. The maximum absolute atomic E-state index is 13.3. The predicted octanol–water partition coefficient (Wildman–Crippen LogP) is 4.11. The molecule has 0 N–H and O–H groups in total. The first-order valence-electron chi connectivity index (χ1n) is 10.3. The fourth-order valence-corrected chi connectivity index (χ4v) is 4.17. The molecular formula is C24H27N3O3. The number of amides is 2. The van der Waals surface area contributed by atoms with Gasteiger partial charge in [0.05, 0.1) is 6.26 Å². The van der Waals surface area contributed by atoms with E-state index >= 15 is 0 Å². The van der Waals surface area contributed by atoms with Gasteiger partial charge in [-0.15, -0.1) is 6.58 Å². The first-order valence-corrected chi connectivity index (χ1v) is 10.3. The number of rotatable bonds is 5. The highest BCUT2D eigenvalue weighted by Crippen LogP contribution is 2.24. The lowest BCUT2D eigenvalue weighted by atomic mass is 10.1. The van der Waals surface area contributed by atoms with Crippen molar-refractivity contribution in [2.75, 3.05) is 19.6 Å². The van der Waals surface area contributed by atoms with E-state index in [-0.39, 0.29) is 17.9 Å². The fourth-order valence-electron chi connectivity index (χ4n) is 4.17. The van der Waals surface area contributed by atoms with Gasteiger partial charge in [0.25, 0.3) is 11.8 Å². The zero-order valence-corrected chi connectivity index (χ0v) is 17.5. The molecule has 2 amide bonds. The van der Waals surface area contributed by atoms with Gasteiger partial charge < -0.3 is 18.8 Å². The van der Waals surface area contributed by atoms with Gasteiger partial charge in [-0.25, -0.2) is 0 Å². The molecule has 0 radical (unpaired) electrons. The number of allylic oxidation sites excluding steroid dienone is 1. The third-order valence-electron chi connectivity index (χ3n) is 5.83. The fraction of sp³-hybridized carbons (Fsp3) is 0.333. The first-order chi connectivity index (χ1) is 14.5. The lowest BCUT2D eigenvalue weighted by Gasteiger charge is -2.40. The molecule has 4 rings (SSSR count). The summed E-state index contributed by atoms with van der Waals surface area (Å²) in [7, 11) is 0. The van der Waals surface area contributed by atoms with Crippen LogP contribution in [-0.4, -0.2) is 51.9 Å². The Morgan fingerprint density at radius 1 is 1.20 bits per heavy atom. The zero-order chi connectivity index (χ0) is 21.3. The number of benzene rings is 1. The summed E-state index contributed by atoms with van der Waals surface area (Å²) in [4.78, 5) is 30.1. The molecule has 1 aromatic carbocycles. The smallest absolute Gasteiger partial charge is 0.270 e. The van der Waals surface area contributed by atoms with Gasteiger partial charge in [-0.1, -0.05) is 24.3 Å². The van der Waals surface area contributed by atoms with Gasteiger partial charge in [-0.2, -0.15) is 0 Å². The molecule has 0 spiro atoms. The molecule has 156 valence electrons. The number of nitrogens with zero attached hydrogens (tertiary/aromatic N) is 3. The van der Waals surface area contributed by atoms with Crippen molar-refractivity contribution in [2.24, 2.45) is 0 Å². The Hall–Kier alpha value is -3.28. The zero-order valence-electron chi connectivity index (χ0n) is 17.5. The van der Waals surface area contributed by atoms with Crippen LogP contribution in [0.25, 0.3) is 11.1 Å². The van der Waals surface area contributed by atoms with Crippen LogP contribution < -0.4 is 0 Å². The van der Waals surface area contributed by atoms with E-state index in [1.807, 2.05) is 70.7 Å². The van der Waals surface area contributed by atoms with E-state index in [9.17, 15) is 9.59 Å². The van der Waals surface area contributed by atoms with Crippen molar-refractivity contribution >= 4 is 22.9 Å². The molecule has 1 aliphatic heterocycles. The minimum atomic E-state index is -0.0608. The molecule has 1 unspecified atom stereocenters. The van der Waals surface area contributed by atoms with Gasteiger partial charge in [0.2, 0.25) is 5.71 Å². The van der Waals surface area contributed by atoms with Crippen molar-refractivity contribution in [1.29, 1.82) is 0 Å². The van der Waals surface area contributed by atoms with E-state index in [1.54, 1.807) is 6.26 Å². The summed E-state index contributed by atoms with van der Waals surface area (Å²) in [6.45, 7) is 9.90. The SMILES string of the molecule is C=CCCn1c(C(=O)N2CCN(C(=O)c3ccccc3C)C(C)C2)cc2ccoc21. The van der Waals surface area contributed by atoms with Crippen molar-refractivity contribution < 1.29 is 14.0 Å². The van der Waals surface area contributed by atoms with Crippen LogP contribution in [0.2, 0.25) is 0 Å². The normalized spacial score (nSPS) is 16.8. The largest absolute Gasteiger partial charge is 0.448 e. The number of piperazine rings is 1. The average molecular weight is 405 g/mol. The minimum absolute atomic E-state index is 0.0274. The Morgan fingerprint density at radius 3 is 2.73 bits per heavy atom. The highest BCUT2D eigenvalue weighted by atomic mass is 16.3. The van der Waals surface area contributed by atoms with Gasteiger partial charge in [0.15, 0.2) is 0 Å². The third-order valence-corrected chi connectivity index (χ3v) is 5.83. The molecule has 1 fully saturated rings. The lowest BCUT2D eigenvalue weighted by molar-refractivity contribution is 0.0409. The van der Waals surface area contributed by atoms with E-state index in [2.05, 4.69) is 6.58 Å². The van der Waals surface area contributed by atoms with E-state index in [0.717, 1.165) is 22.9 Å². The quantitative estimate of drug-likeness (QED) is 0.601. The molecule has 6 heteroatoms. The molecule has 3 aromatic rings. The van der Waals surface area contributed by atoms with Crippen molar-refractivity contribution in [1.82, 2.24) is 14.4 Å². The van der Waals surface area contributed by atoms with E-state index in [1.165, 1.54) is 0 Å². The molecule has 1 saturated heterocycles. The van der Waals surface area contributed by atoms with E-state index in [4.69, 9.17) is 4.42 Å². The number of furan rings is 1. The maximum Gasteiger partial charge on any atom is 0.270 e. The summed E-state index contributed by atoms with van der Waals surface area (Å²) in [5.41, 5.74) is 3.03. The summed E-state index contributed by atoms with van der Waals surface area (Å²) in [5.74, 6) is -0.000117. The van der Waals surface area contributed by atoms with Crippen LogP contribution in [0.15, 0.2) is 59.7 Å². The highest BCUT2D eigenvalue weighted by molar-refractivity contribution is 5.98. The number of hydrogen-bond donors (Lipinski definition) is 0. The Labute approximate surface area is 176 Å². The van der Waals surface area contributed by atoms with Crippen molar-refractivity contribution in [3.8, 4) is 0 Å². The van der Waals surface area contributed by atoms with Crippen LogP contribution in [0.4, 0.5) is 0 Å². The van der Waals surface area contributed by atoms with Crippen molar-refractivity contribution in [3.05, 3.63) is 72.1 Å². The summed E-state index contributed by atoms with van der Waals surface area (Å²) < 4.78 is 7.52. The Kier molecular flexibility index (Phi) is 5.48. The van der Waals surface area contributed by atoms with Gasteiger partial charge in [0, 0.05) is 43.2 Å². The minimum Gasteiger partial charge on any atom is -0.448 e. The highest BCUT2D eigenvalue weighted by Gasteiger charge is 2.32. The number of aromatic nitrogens is 1. The second-order valence-electron chi connectivity index (χ2n) is 7.85. The predicted molar refractivity (Wildman–Crippen MR) is 117 cm³/mol. The summed E-state index contributed by atoms with van der Waals surface area (Å²) in [6.07, 6.45) is 4.22. The van der Waals surface area contributed by atoms with Crippen LogP contribution in [0.5, 0.6) is 0 Å². The van der Waals surface area contributed by atoms with Gasteiger partial charge in [-0.3, -0.25) is 9.59 Å². The molecule has 6 nitrogen and oxygen atoms in total. The second kappa shape index (κ2) is 8.22. The molecule has 1 atom stereocenters. The number of aryl methyl sites for hydroxylation is 2. The second-order valence-corrected chi connectivity index (χ2v) is 7.85. The van der Waals surface area contributed by atoms with Gasteiger partial charge >= 0.3 is 0 Å². The Morgan fingerprint density at radius 2 is 2.00 bits per heavy atom. The molecular weight excluding hydrogens is 378 g/mol. The van der Waals surface area contributed by atoms with Crippen LogP contribution in [0.3, 0.4) is 0 Å². The molecule has 30 heavy (non-hydrogen) atoms. The number of carbonyl (C=O) groups is 2.